The van der Waals surface area contributed by atoms with Gasteiger partial charge in [-0.15, -0.1) is 0 Å². The van der Waals surface area contributed by atoms with Crippen LogP contribution in [-0.4, -0.2) is 35.9 Å². The summed E-state index contributed by atoms with van der Waals surface area (Å²) in [6.45, 7) is 8.51. The normalized spacial score (nSPS) is 11.6. The van der Waals surface area contributed by atoms with Gasteiger partial charge in [0.05, 0.1) is 0 Å². The Morgan fingerprint density at radius 3 is 2.45 bits per heavy atom. The molecule has 1 N–H and O–H groups in total. The molecule has 0 aliphatic carbocycles. The summed E-state index contributed by atoms with van der Waals surface area (Å²) in [5, 5.41) is 2.87. The van der Waals surface area contributed by atoms with Gasteiger partial charge in [0, 0.05) is 17.6 Å². The van der Waals surface area contributed by atoms with Crippen LogP contribution in [0.3, 0.4) is 0 Å². The first-order chi connectivity index (χ1) is 13.8. The second kappa shape index (κ2) is 11.0. The molecule has 6 heteroatoms. The van der Waals surface area contributed by atoms with Crippen molar-refractivity contribution in [2.24, 2.45) is 0 Å². The van der Waals surface area contributed by atoms with Crippen LogP contribution in [0.5, 0.6) is 5.75 Å². The lowest BCUT2D eigenvalue weighted by Crippen LogP contribution is -2.49. The maximum Gasteiger partial charge on any atom is 0.261 e. The Balaban J connectivity index is 2.14. The quantitative estimate of drug-likeness (QED) is 0.603. The molecular weight excluding hydrogens is 432 g/mol. The van der Waals surface area contributed by atoms with Gasteiger partial charge in [0.25, 0.3) is 5.91 Å². The van der Waals surface area contributed by atoms with Crippen LogP contribution in [0, 0.1) is 13.8 Å². The zero-order chi connectivity index (χ0) is 21.4. The van der Waals surface area contributed by atoms with Gasteiger partial charge in [0.2, 0.25) is 5.91 Å². The van der Waals surface area contributed by atoms with Crippen molar-refractivity contribution in [1.82, 2.24) is 10.2 Å². The molecule has 0 spiro atoms. The summed E-state index contributed by atoms with van der Waals surface area (Å²) in [6, 6.07) is 13.0. The number of rotatable bonds is 9. The average Bonchev–Trinajstić information content (AvgIpc) is 2.70. The van der Waals surface area contributed by atoms with Gasteiger partial charge in [-0.25, -0.2) is 0 Å². The van der Waals surface area contributed by atoms with E-state index >= 15 is 0 Å². The number of ether oxygens (including phenoxy) is 1. The summed E-state index contributed by atoms with van der Waals surface area (Å²) in [7, 11) is 0. The van der Waals surface area contributed by atoms with E-state index in [4.69, 9.17) is 4.74 Å². The van der Waals surface area contributed by atoms with Crippen LogP contribution in [-0.2, 0) is 16.1 Å². The molecule has 5 nitrogen and oxygen atoms in total. The molecule has 0 radical (unpaired) electrons. The Morgan fingerprint density at radius 1 is 1.14 bits per heavy atom. The van der Waals surface area contributed by atoms with E-state index in [9.17, 15) is 9.59 Å². The SMILES string of the molecule is CCCNC(=O)C(C)N(Cc1ccc(Br)cc1)C(=O)COc1ccc(C)cc1C. The number of hydrogen-bond acceptors (Lipinski definition) is 3. The number of benzene rings is 2. The number of nitrogens with one attached hydrogen (secondary N) is 1. The van der Waals surface area contributed by atoms with E-state index in [1.807, 2.05) is 63.2 Å². The smallest absolute Gasteiger partial charge is 0.261 e. The van der Waals surface area contributed by atoms with E-state index < -0.39 is 6.04 Å². The van der Waals surface area contributed by atoms with Crippen molar-refractivity contribution in [2.45, 2.75) is 46.7 Å². The molecule has 0 saturated heterocycles. The van der Waals surface area contributed by atoms with E-state index in [-0.39, 0.29) is 18.4 Å². The number of aryl methyl sites for hydroxylation is 2. The largest absolute Gasteiger partial charge is 0.483 e. The van der Waals surface area contributed by atoms with Crippen molar-refractivity contribution in [3.63, 3.8) is 0 Å². The fraction of sp³-hybridized carbons (Fsp3) is 0.391. The van der Waals surface area contributed by atoms with Crippen molar-refractivity contribution in [1.29, 1.82) is 0 Å². The molecular formula is C23H29BrN2O3. The van der Waals surface area contributed by atoms with E-state index in [1.54, 1.807) is 11.8 Å². The summed E-state index contributed by atoms with van der Waals surface area (Å²) in [5.74, 6) is 0.284. The van der Waals surface area contributed by atoms with Gasteiger partial charge in [-0.2, -0.15) is 0 Å². The topological polar surface area (TPSA) is 58.6 Å². The summed E-state index contributed by atoms with van der Waals surface area (Å²) >= 11 is 3.42. The summed E-state index contributed by atoms with van der Waals surface area (Å²) in [6.07, 6.45) is 0.842. The summed E-state index contributed by atoms with van der Waals surface area (Å²) in [5.41, 5.74) is 3.06. The fourth-order valence-corrected chi connectivity index (χ4v) is 3.21. The van der Waals surface area contributed by atoms with Crippen molar-refractivity contribution < 1.29 is 14.3 Å². The minimum absolute atomic E-state index is 0.119. The predicted octanol–water partition coefficient (Wildman–Crippen LogP) is 4.39. The Kier molecular flexibility index (Phi) is 8.70. The number of nitrogens with zero attached hydrogens (tertiary/aromatic N) is 1. The van der Waals surface area contributed by atoms with Crippen molar-refractivity contribution >= 4 is 27.7 Å². The molecule has 156 valence electrons. The van der Waals surface area contributed by atoms with Gasteiger partial charge < -0.3 is 15.0 Å². The molecule has 0 heterocycles. The third-order valence-electron chi connectivity index (χ3n) is 4.66. The van der Waals surface area contributed by atoms with E-state index in [0.717, 1.165) is 27.6 Å². The maximum atomic E-state index is 13.0. The number of halogens is 1. The van der Waals surface area contributed by atoms with Crippen molar-refractivity contribution in [2.75, 3.05) is 13.2 Å². The minimum Gasteiger partial charge on any atom is -0.483 e. The molecule has 0 aliphatic heterocycles. The Labute approximate surface area is 181 Å². The Morgan fingerprint density at radius 2 is 1.83 bits per heavy atom. The highest BCUT2D eigenvalue weighted by Gasteiger charge is 2.26. The van der Waals surface area contributed by atoms with Gasteiger partial charge in [-0.3, -0.25) is 9.59 Å². The van der Waals surface area contributed by atoms with E-state index in [0.29, 0.717) is 18.8 Å². The molecule has 2 aromatic carbocycles. The highest BCUT2D eigenvalue weighted by molar-refractivity contribution is 9.10. The molecule has 0 saturated carbocycles. The lowest BCUT2D eigenvalue weighted by atomic mass is 10.1. The first kappa shape index (κ1) is 22.9. The molecule has 2 amide bonds. The van der Waals surface area contributed by atoms with Gasteiger partial charge in [-0.05, 0) is 56.5 Å². The van der Waals surface area contributed by atoms with Crippen LogP contribution in [0.2, 0.25) is 0 Å². The van der Waals surface area contributed by atoms with Crippen LogP contribution in [0.4, 0.5) is 0 Å². The molecule has 1 atom stereocenters. The van der Waals surface area contributed by atoms with Crippen LogP contribution in [0.1, 0.15) is 37.0 Å². The molecule has 0 aromatic heterocycles. The second-order valence-electron chi connectivity index (χ2n) is 7.17. The third-order valence-corrected chi connectivity index (χ3v) is 5.19. The van der Waals surface area contributed by atoms with Gasteiger partial charge in [0.15, 0.2) is 6.61 Å². The zero-order valence-electron chi connectivity index (χ0n) is 17.5. The maximum absolute atomic E-state index is 13.0. The molecule has 0 fully saturated rings. The number of carbonyl (C=O) groups excluding carboxylic acids is 2. The molecule has 1 unspecified atom stereocenters. The van der Waals surface area contributed by atoms with Gasteiger partial charge >= 0.3 is 0 Å². The first-order valence-corrected chi connectivity index (χ1v) is 10.6. The zero-order valence-corrected chi connectivity index (χ0v) is 19.1. The summed E-state index contributed by atoms with van der Waals surface area (Å²) < 4.78 is 6.74. The lowest BCUT2D eigenvalue weighted by Gasteiger charge is -2.29. The lowest BCUT2D eigenvalue weighted by molar-refractivity contribution is -0.142. The Hall–Kier alpha value is -2.34. The molecule has 2 rings (SSSR count). The highest BCUT2D eigenvalue weighted by atomic mass is 79.9. The van der Waals surface area contributed by atoms with Gasteiger partial charge in [0.1, 0.15) is 11.8 Å². The van der Waals surface area contributed by atoms with Crippen LogP contribution < -0.4 is 10.1 Å². The molecule has 0 aliphatic rings. The van der Waals surface area contributed by atoms with Crippen LogP contribution in [0.15, 0.2) is 46.9 Å². The highest BCUT2D eigenvalue weighted by Crippen LogP contribution is 2.19. The fourth-order valence-electron chi connectivity index (χ4n) is 2.95. The van der Waals surface area contributed by atoms with Crippen molar-refractivity contribution in [3.8, 4) is 5.75 Å². The molecule has 2 aromatic rings. The monoisotopic (exact) mass is 460 g/mol. The third kappa shape index (κ3) is 6.89. The summed E-state index contributed by atoms with van der Waals surface area (Å²) in [4.78, 5) is 27.1. The predicted molar refractivity (Wildman–Crippen MR) is 119 cm³/mol. The van der Waals surface area contributed by atoms with Crippen LogP contribution in [0.25, 0.3) is 0 Å². The average molecular weight is 461 g/mol. The number of carbonyl (C=O) groups is 2. The molecule has 0 bridgehead atoms. The molecule has 29 heavy (non-hydrogen) atoms. The van der Waals surface area contributed by atoms with Crippen molar-refractivity contribution in [3.05, 3.63) is 63.6 Å². The second-order valence-corrected chi connectivity index (χ2v) is 8.09. The van der Waals surface area contributed by atoms with E-state index in [2.05, 4.69) is 21.2 Å². The van der Waals surface area contributed by atoms with Gasteiger partial charge in [-0.1, -0.05) is 52.7 Å². The standard InChI is InChI=1S/C23H29BrN2O3/c1-5-12-25-23(28)18(4)26(14-19-7-9-20(24)10-8-19)22(27)15-29-21-11-6-16(2)13-17(21)3/h6-11,13,18H,5,12,14-15H2,1-4H3,(H,25,28). The number of hydrogen-bond donors (Lipinski definition) is 1. The minimum atomic E-state index is -0.597. The first-order valence-electron chi connectivity index (χ1n) is 9.83. The number of amides is 2. The van der Waals surface area contributed by atoms with E-state index in [1.165, 1.54) is 0 Å². The Bertz CT molecular complexity index is 837. The van der Waals surface area contributed by atoms with Crippen LogP contribution >= 0.6 is 15.9 Å².